The number of methoxy groups -OCH3 is 1. The van der Waals surface area contributed by atoms with E-state index in [1.54, 1.807) is 0 Å². The second-order valence-electron chi connectivity index (χ2n) is 5.12. The lowest BCUT2D eigenvalue weighted by Gasteiger charge is -2.36. The van der Waals surface area contributed by atoms with Crippen molar-refractivity contribution in [2.24, 2.45) is 0 Å². The highest BCUT2D eigenvalue weighted by atomic mass is 31.2. The molecule has 0 fully saturated rings. The Kier molecular flexibility index (Phi) is 5.54. The summed E-state index contributed by atoms with van der Waals surface area (Å²) in [6.45, 7) is 0. The molecule has 0 spiro atoms. The first kappa shape index (κ1) is 20.6. The summed E-state index contributed by atoms with van der Waals surface area (Å²) < 4.78 is 93.5. The van der Waals surface area contributed by atoms with Crippen molar-refractivity contribution in [3.63, 3.8) is 0 Å². The molecule has 0 aliphatic heterocycles. The molecule has 1 rings (SSSR count). The molecule has 1 aromatic carbocycles. The van der Waals surface area contributed by atoms with Gasteiger partial charge in [0.1, 0.15) is 10.9 Å². The molecule has 1 aromatic rings. The van der Waals surface area contributed by atoms with E-state index >= 15 is 0 Å². The van der Waals surface area contributed by atoms with Crippen molar-refractivity contribution in [2.45, 2.75) is 30.4 Å². The van der Waals surface area contributed by atoms with Crippen LogP contribution in [-0.4, -0.2) is 29.2 Å². The molecule has 12 heteroatoms. The molecule has 24 heavy (non-hydrogen) atoms. The highest BCUT2D eigenvalue weighted by Crippen LogP contribution is 2.65. The van der Waals surface area contributed by atoms with Gasteiger partial charge >= 0.3 is 19.9 Å². The Labute approximate surface area is 132 Å². The van der Waals surface area contributed by atoms with Crippen molar-refractivity contribution < 1.29 is 45.4 Å². The molecule has 0 aliphatic rings. The zero-order valence-electron chi connectivity index (χ0n) is 12.1. The first-order valence-electron chi connectivity index (χ1n) is 6.24. The van der Waals surface area contributed by atoms with Gasteiger partial charge in [0, 0.05) is 0 Å². The molecule has 4 N–H and O–H groups in total. The molecule has 0 saturated carbocycles. The number of rotatable bonds is 5. The number of halogens is 6. The van der Waals surface area contributed by atoms with Gasteiger partial charge in [-0.25, -0.2) is 0 Å². The van der Waals surface area contributed by atoms with Crippen LogP contribution in [0.2, 0.25) is 0 Å². The Morgan fingerprint density at radius 1 is 1.08 bits per heavy atom. The summed E-state index contributed by atoms with van der Waals surface area (Å²) in [5.74, 6) is -0.297. The average Bonchev–Trinajstić information content (AvgIpc) is 2.33. The SMILES string of the molecule is COc1cc(C(CC(F)(F)F)(CC(F)(F)F)P(=O)(O)O)ccc1N. The Hall–Kier alpha value is -1.45. The number of hydrogen-bond acceptors (Lipinski definition) is 3. The zero-order valence-corrected chi connectivity index (χ0v) is 13.0. The summed E-state index contributed by atoms with van der Waals surface area (Å²) in [6, 6.07) is 2.31. The van der Waals surface area contributed by atoms with Crippen LogP contribution in [0.1, 0.15) is 18.4 Å². The first-order valence-corrected chi connectivity index (χ1v) is 7.86. The van der Waals surface area contributed by atoms with E-state index in [9.17, 15) is 40.7 Å². The van der Waals surface area contributed by atoms with E-state index in [4.69, 9.17) is 10.5 Å². The van der Waals surface area contributed by atoms with Gasteiger partial charge in [-0.1, -0.05) is 6.07 Å². The monoisotopic (exact) mass is 381 g/mol. The van der Waals surface area contributed by atoms with Gasteiger partial charge in [-0.2, -0.15) is 26.3 Å². The molecule has 5 nitrogen and oxygen atoms in total. The maximum atomic E-state index is 12.8. The van der Waals surface area contributed by atoms with Crippen LogP contribution in [0.15, 0.2) is 18.2 Å². The van der Waals surface area contributed by atoms with Crippen LogP contribution in [0.4, 0.5) is 32.0 Å². The zero-order chi connectivity index (χ0) is 19.0. The van der Waals surface area contributed by atoms with Crippen molar-refractivity contribution in [1.29, 1.82) is 0 Å². The van der Waals surface area contributed by atoms with Gasteiger partial charge in [0.2, 0.25) is 0 Å². The molecule has 0 radical (unpaired) electrons. The molecule has 0 heterocycles. The van der Waals surface area contributed by atoms with Gasteiger partial charge in [0.15, 0.2) is 0 Å². The third-order valence-electron chi connectivity index (χ3n) is 3.31. The van der Waals surface area contributed by atoms with E-state index in [0.29, 0.717) is 12.1 Å². The fraction of sp³-hybridized carbons (Fsp3) is 0.500. The van der Waals surface area contributed by atoms with Gasteiger partial charge in [0.05, 0.1) is 25.6 Å². The van der Waals surface area contributed by atoms with E-state index in [1.807, 2.05) is 0 Å². The second-order valence-corrected chi connectivity index (χ2v) is 7.06. The van der Waals surface area contributed by atoms with Crippen LogP contribution in [0.25, 0.3) is 0 Å². The minimum absolute atomic E-state index is 0.111. The number of benzene rings is 1. The normalized spacial score (nSPS) is 13.9. The largest absolute Gasteiger partial charge is 0.495 e. The van der Waals surface area contributed by atoms with E-state index in [1.165, 1.54) is 0 Å². The molecule has 0 unspecified atom stereocenters. The molecule has 0 atom stereocenters. The molecule has 0 saturated heterocycles. The molecule has 138 valence electrons. The summed E-state index contributed by atoms with van der Waals surface area (Å²) in [5.41, 5.74) is 4.47. The van der Waals surface area contributed by atoms with Gasteiger partial charge < -0.3 is 20.3 Å². The van der Waals surface area contributed by atoms with Crippen LogP contribution >= 0.6 is 7.60 Å². The van der Waals surface area contributed by atoms with Gasteiger partial charge in [-0.3, -0.25) is 4.57 Å². The minimum Gasteiger partial charge on any atom is -0.495 e. The van der Waals surface area contributed by atoms with Crippen LogP contribution in [0.5, 0.6) is 5.75 Å². The van der Waals surface area contributed by atoms with Crippen LogP contribution in [-0.2, 0) is 9.72 Å². The van der Waals surface area contributed by atoms with E-state index in [2.05, 4.69) is 0 Å². The van der Waals surface area contributed by atoms with Crippen LogP contribution in [0.3, 0.4) is 0 Å². The van der Waals surface area contributed by atoms with Crippen molar-refractivity contribution in [3.05, 3.63) is 23.8 Å². The van der Waals surface area contributed by atoms with Gasteiger partial charge in [0.25, 0.3) is 0 Å². The fourth-order valence-corrected chi connectivity index (χ4v) is 3.55. The Bertz CT molecular complexity index is 623. The lowest BCUT2D eigenvalue weighted by Crippen LogP contribution is -2.37. The van der Waals surface area contributed by atoms with Crippen LogP contribution < -0.4 is 10.5 Å². The minimum atomic E-state index is -5.90. The third-order valence-corrected chi connectivity index (χ3v) is 5.00. The lowest BCUT2D eigenvalue weighted by atomic mass is 9.90. The van der Waals surface area contributed by atoms with E-state index < -0.39 is 43.5 Å². The number of nitrogen functional groups attached to an aromatic ring is 1. The highest BCUT2D eigenvalue weighted by Gasteiger charge is 2.59. The fourth-order valence-electron chi connectivity index (χ4n) is 2.30. The maximum absolute atomic E-state index is 12.8. The molecule has 0 aromatic heterocycles. The number of alkyl halides is 6. The first-order chi connectivity index (χ1) is 10.6. The standard InChI is InChI=1S/C12H14F6NO4P/c1-23-9-4-7(2-3-8(9)19)10(24(20,21)22,5-11(13,14)15)6-12(16,17)18/h2-4H,5-6,19H2,1H3,(H2,20,21,22). The molecule has 0 amide bonds. The van der Waals surface area contributed by atoms with Crippen LogP contribution in [0, 0.1) is 0 Å². The topological polar surface area (TPSA) is 92.8 Å². The molecule has 0 aliphatic carbocycles. The van der Waals surface area contributed by atoms with E-state index in [0.717, 1.165) is 13.2 Å². The number of anilines is 1. The van der Waals surface area contributed by atoms with Gasteiger partial charge in [-0.05, 0) is 17.7 Å². The summed E-state index contributed by atoms with van der Waals surface area (Å²) in [5, 5.41) is -3.54. The quantitative estimate of drug-likeness (QED) is 0.412. The summed E-state index contributed by atoms with van der Waals surface area (Å²) >= 11 is 0. The predicted octanol–water partition coefficient (Wildman–Crippen LogP) is 3.56. The van der Waals surface area contributed by atoms with Crippen molar-refractivity contribution >= 4 is 13.3 Å². The Balaban J connectivity index is 3.70. The molecular formula is C12H14F6NO4P. The van der Waals surface area contributed by atoms with Crippen molar-refractivity contribution in [1.82, 2.24) is 0 Å². The second kappa shape index (κ2) is 6.45. The van der Waals surface area contributed by atoms with Crippen molar-refractivity contribution in [2.75, 3.05) is 12.8 Å². The summed E-state index contributed by atoms with van der Waals surface area (Å²) in [7, 11) is -4.85. The van der Waals surface area contributed by atoms with Gasteiger partial charge in [-0.15, -0.1) is 0 Å². The van der Waals surface area contributed by atoms with Crippen molar-refractivity contribution in [3.8, 4) is 5.75 Å². The Morgan fingerprint density at radius 2 is 1.54 bits per heavy atom. The average molecular weight is 381 g/mol. The maximum Gasteiger partial charge on any atom is 0.390 e. The van der Waals surface area contributed by atoms with E-state index in [-0.39, 0.29) is 11.4 Å². The third kappa shape index (κ3) is 4.78. The Morgan fingerprint density at radius 3 is 1.88 bits per heavy atom. The summed E-state index contributed by atoms with van der Waals surface area (Å²) in [4.78, 5) is 18.8. The predicted molar refractivity (Wildman–Crippen MR) is 72.5 cm³/mol. The highest BCUT2D eigenvalue weighted by molar-refractivity contribution is 7.53. The number of ether oxygens (including phenoxy) is 1. The molecular weight excluding hydrogens is 367 g/mol. The number of nitrogens with two attached hydrogens (primary N) is 1. The smallest absolute Gasteiger partial charge is 0.390 e. The lowest BCUT2D eigenvalue weighted by molar-refractivity contribution is -0.171. The molecule has 0 bridgehead atoms. The summed E-state index contributed by atoms with van der Waals surface area (Å²) in [6.07, 6.45) is -15.3. The number of hydrogen-bond donors (Lipinski definition) is 3.